The zero-order chi connectivity index (χ0) is 28.1. The van der Waals surface area contributed by atoms with Gasteiger partial charge in [-0.2, -0.15) is 0 Å². The Bertz CT molecular complexity index is 1400. The number of amides is 3. The van der Waals surface area contributed by atoms with E-state index in [1.54, 1.807) is 6.33 Å². The fraction of sp³-hybridized carbons (Fsp3) is 0.385. The second kappa shape index (κ2) is 12.1. The van der Waals surface area contributed by atoms with Gasteiger partial charge in [-0.1, -0.05) is 36.4 Å². The largest absolute Gasteiger partial charge is 0.480 e. The highest BCUT2D eigenvalue weighted by Gasteiger charge is 2.52. The molecule has 210 valence electrons. The number of anilines is 1. The zero-order valence-electron chi connectivity index (χ0n) is 21.6. The number of carbonyl (C=O) groups is 3. The van der Waals surface area contributed by atoms with Crippen molar-refractivity contribution in [2.75, 3.05) is 25.0 Å². The number of rotatable bonds is 9. The number of ether oxygens (including phenoxy) is 3. The van der Waals surface area contributed by atoms with Crippen LogP contribution in [0.5, 0.6) is 0 Å². The van der Waals surface area contributed by atoms with Crippen LogP contribution in [0.2, 0.25) is 0 Å². The number of fused-ring (bicyclic) bond motifs is 2. The van der Waals surface area contributed by atoms with Gasteiger partial charge in [-0.15, -0.1) is 0 Å². The summed E-state index contributed by atoms with van der Waals surface area (Å²) in [6.07, 6.45) is 4.89. The van der Waals surface area contributed by atoms with Gasteiger partial charge in [0.15, 0.2) is 23.3 Å². The van der Waals surface area contributed by atoms with Crippen LogP contribution >= 0.6 is 0 Å². The number of hydrogen-bond donors (Lipinski definition) is 4. The topological polar surface area (TPSA) is 179 Å². The van der Waals surface area contributed by atoms with Crippen LogP contribution in [0.3, 0.4) is 0 Å². The smallest absolute Gasteiger partial charge is 0.407 e. The molecule has 1 aliphatic heterocycles. The van der Waals surface area contributed by atoms with Crippen LogP contribution in [0.4, 0.5) is 15.4 Å². The molecule has 3 aromatic rings. The predicted octanol–water partition coefficient (Wildman–Crippen LogP) is 2.16. The van der Waals surface area contributed by atoms with Crippen molar-refractivity contribution in [3.63, 3.8) is 0 Å². The Hall–Kier alpha value is -4.56. The third-order valence-electron chi connectivity index (χ3n) is 6.64. The van der Waals surface area contributed by atoms with Crippen LogP contribution < -0.4 is 16.0 Å². The number of alkyl carbamates (subject to hydrolysis) is 1. The van der Waals surface area contributed by atoms with Gasteiger partial charge in [-0.25, -0.2) is 24.5 Å². The van der Waals surface area contributed by atoms with Crippen LogP contribution in [0.1, 0.15) is 24.9 Å². The number of nitrogens with one attached hydrogen (secondary N) is 3. The van der Waals surface area contributed by atoms with E-state index in [0.29, 0.717) is 24.1 Å². The molecule has 4 N–H and O–H groups in total. The number of urea groups is 1. The summed E-state index contributed by atoms with van der Waals surface area (Å²) in [6.45, 7) is 1.71. The molecule has 5 atom stereocenters. The van der Waals surface area contributed by atoms with Gasteiger partial charge in [0.05, 0.1) is 25.1 Å². The minimum absolute atomic E-state index is 0.00674. The number of benzene rings is 1. The molecule has 14 heteroatoms. The molecule has 0 bridgehead atoms. The molecule has 1 aliphatic carbocycles. The van der Waals surface area contributed by atoms with Crippen molar-refractivity contribution in [3.8, 4) is 0 Å². The first-order valence-corrected chi connectivity index (χ1v) is 12.8. The lowest BCUT2D eigenvalue weighted by Crippen LogP contribution is -2.33. The van der Waals surface area contributed by atoms with Crippen LogP contribution in [0.25, 0.3) is 17.2 Å². The first kappa shape index (κ1) is 27.0. The van der Waals surface area contributed by atoms with E-state index in [0.717, 1.165) is 5.56 Å². The van der Waals surface area contributed by atoms with Gasteiger partial charge >= 0.3 is 18.1 Å². The SMILES string of the molecule is CCNC(=O)Nc1ncnc2c1ncn2C1CC(COC(=O)NCC(=O)O)C2O[C@H](C=Cc3ccccc3)OC21. The Morgan fingerprint density at radius 3 is 2.70 bits per heavy atom. The Labute approximate surface area is 228 Å². The maximum Gasteiger partial charge on any atom is 0.407 e. The van der Waals surface area contributed by atoms with Crippen molar-refractivity contribution in [1.82, 2.24) is 30.2 Å². The average Bonchev–Trinajstić information content (AvgIpc) is 3.64. The van der Waals surface area contributed by atoms with Crippen molar-refractivity contribution >= 4 is 41.2 Å². The molecule has 0 spiro atoms. The number of imidazole rings is 1. The number of carboxylic acids is 1. The highest BCUT2D eigenvalue weighted by molar-refractivity contribution is 5.95. The third kappa shape index (κ3) is 6.02. The van der Waals surface area contributed by atoms with Gasteiger partial charge < -0.3 is 34.5 Å². The highest BCUT2D eigenvalue weighted by atomic mass is 16.7. The Kier molecular flexibility index (Phi) is 8.17. The lowest BCUT2D eigenvalue weighted by Gasteiger charge is -2.19. The fourth-order valence-electron chi connectivity index (χ4n) is 4.92. The van der Waals surface area contributed by atoms with Crippen molar-refractivity contribution in [1.29, 1.82) is 0 Å². The Morgan fingerprint density at radius 1 is 1.12 bits per heavy atom. The first-order chi connectivity index (χ1) is 19.4. The fourth-order valence-corrected chi connectivity index (χ4v) is 4.92. The van der Waals surface area contributed by atoms with Gasteiger partial charge in [0.25, 0.3) is 0 Å². The average molecular weight is 552 g/mol. The van der Waals surface area contributed by atoms with Gasteiger partial charge in [0.1, 0.15) is 19.0 Å². The Balaban J connectivity index is 1.37. The predicted molar refractivity (Wildman–Crippen MR) is 141 cm³/mol. The molecular weight excluding hydrogens is 522 g/mol. The Morgan fingerprint density at radius 2 is 1.93 bits per heavy atom. The molecule has 4 unspecified atom stereocenters. The normalized spacial score (nSPS) is 23.7. The van der Waals surface area contributed by atoms with Gasteiger partial charge in [-0.05, 0) is 25.0 Å². The van der Waals surface area contributed by atoms with Gasteiger partial charge in [-0.3, -0.25) is 10.1 Å². The lowest BCUT2D eigenvalue weighted by atomic mass is 10.1. The van der Waals surface area contributed by atoms with Crippen LogP contribution in [-0.2, 0) is 19.0 Å². The summed E-state index contributed by atoms with van der Waals surface area (Å²) < 4.78 is 19.7. The van der Waals surface area contributed by atoms with Crippen molar-refractivity contribution < 1.29 is 33.7 Å². The molecular formula is C26H29N7O7. The van der Waals surface area contributed by atoms with Crippen molar-refractivity contribution in [2.45, 2.75) is 37.9 Å². The van der Waals surface area contributed by atoms with E-state index >= 15 is 0 Å². The molecule has 1 saturated heterocycles. The number of nitrogens with zero attached hydrogens (tertiary/aromatic N) is 4. The molecule has 40 heavy (non-hydrogen) atoms. The second-order valence-electron chi connectivity index (χ2n) is 9.28. The number of aromatic nitrogens is 4. The van der Waals surface area contributed by atoms with E-state index < -0.39 is 43.1 Å². The van der Waals surface area contributed by atoms with E-state index in [2.05, 4.69) is 30.9 Å². The number of carbonyl (C=O) groups excluding carboxylic acids is 2. The summed E-state index contributed by atoms with van der Waals surface area (Å²) in [5.74, 6) is -1.16. The molecule has 2 fully saturated rings. The van der Waals surface area contributed by atoms with E-state index in [1.807, 2.05) is 54.0 Å². The standard InChI is InChI=1S/C26H29N7O7/c1-2-27-25(36)32-23-20-24(30-13-29-23)33(14-31-20)17-10-16(12-38-26(37)28-11-18(34)35)21-22(17)40-19(39-21)9-8-15-6-4-3-5-7-15/h3-9,13-14,16-17,19,21-22H,2,10-12H2,1H3,(H,28,37)(H,34,35)(H2,27,29,30,32,36)/t16?,17?,19-,21?,22?/m0/s1. The van der Waals surface area contributed by atoms with Crippen molar-refractivity contribution in [2.24, 2.45) is 5.92 Å². The summed E-state index contributed by atoms with van der Waals surface area (Å²) in [7, 11) is 0. The number of aliphatic carboxylic acids is 1. The van der Waals surface area contributed by atoms with Crippen LogP contribution in [-0.4, -0.2) is 80.9 Å². The summed E-state index contributed by atoms with van der Waals surface area (Å²) in [5, 5.41) is 16.3. The van der Waals surface area contributed by atoms with E-state index in [9.17, 15) is 14.4 Å². The first-order valence-electron chi connectivity index (χ1n) is 12.8. The molecule has 2 aliphatic rings. The lowest BCUT2D eigenvalue weighted by molar-refractivity contribution is -0.135. The second-order valence-corrected chi connectivity index (χ2v) is 9.28. The maximum absolute atomic E-state index is 12.1. The van der Waals surface area contributed by atoms with Crippen molar-refractivity contribution in [3.05, 3.63) is 54.6 Å². The molecule has 1 aromatic carbocycles. The van der Waals surface area contributed by atoms with E-state index in [1.165, 1.54) is 6.33 Å². The molecule has 3 amide bonds. The molecule has 5 rings (SSSR count). The van der Waals surface area contributed by atoms with E-state index in [-0.39, 0.29) is 24.4 Å². The minimum atomic E-state index is -1.17. The molecule has 2 aromatic heterocycles. The minimum Gasteiger partial charge on any atom is -0.480 e. The summed E-state index contributed by atoms with van der Waals surface area (Å²) in [6, 6.07) is 9.04. The summed E-state index contributed by atoms with van der Waals surface area (Å²) in [4.78, 5) is 47.9. The quantitative estimate of drug-likeness (QED) is 0.308. The van der Waals surface area contributed by atoms with Gasteiger partial charge in [0, 0.05) is 12.5 Å². The number of hydrogen-bond acceptors (Lipinski definition) is 9. The molecule has 0 radical (unpaired) electrons. The number of carboxylic acid groups (broad SMARTS) is 1. The third-order valence-corrected chi connectivity index (χ3v) is 6.64. The zero-order valence-corrected chi connectivity index (χ0v) is 21.6. The van der Waals surface area contributed by atoms with Gasteiger partial charge in [0.2, 0.25) is 0 Å². The van der Waals surface area contributed by atoms with Crippen LogP contribution in [0.15, 0.2) is 49.1 Å². The summed E-state index contributed by atoms with van der Waals surface area (Å²) >= 11 is 0. The molecule has 1 saturated carbocycles. The maximum atomic E-state index is 12.1. The van der Waals surface area contributed by atoms with Crippen LogP contribution in [0, 0.1) is 5.92 Å². The highest BCUT2D eigenvalue weighted by Crippen LogP contribution is 2.45. The summed E-state index contributed by atoms with van der Waals surface area (Å²) in [5.41, 5.74) is 1.90. The monoisotopic (exact) mass is 551 g/mol. The molecule has 3 heterocycles. The molecule has 14 nitrogen and oxygen atoms in total. The van der Waals surface area contributed by atoms with E-state index in [4.69, 9.17) is 19.3 Å².